The van der Waals surface area contributed by atoms with Crippen molar-refractivity contribution in [2.45, 2.75) is 26.8 Å². The van der Waals surface area contributed by atoms with Gasteiger partial charge in [0.1, 0.15) is 6.54 Å². The van der Waals surface area contributed by atoms with Gasteiger partial charge in [0.25, 0.3) is 5.69 Å². The van der Waals surface area contributed by atoms with Gasteiger partial charge in [-0.3, -0.25) is 14.9 Å². The van der Waals surface area contributed by atoms with E-state index in [0.717, 1.165) is 48.8 Å². The van der Waals surface area contributed by atoms with Crippen LogP contribution in [0.4, 0.5) is 11.4 Å². The van der Waals surface area contributed by atoms with Crippen LogP contribution in [0.15, 0.2) is 30.3 Å². The van der Waals surface area contributed by atoms with Crippen molar-refractivity contribution in [3.8, 4) is 0 Å². The molecule has 1 atom stereocenters. The monoisotopic (exact) mass is 415 g/mol. The van der Waals surface area contributed by atoms with Crippen LogP contribution in [-0.4, -0.2) is 61.7 Å². The van der Waals surface area contributed by atoms with E-state index in [4.69, 9.17) is 4.74 Å². The van der Waals surface area contributed by atoms with Crippen molar-refractivity contribution in [3.63, 3.8) is 0 Å². The molecule has 0 radical (unpaired) electrons. The van der Waals surface area contributed by atoms with Gasteiger partial charge in [-0.15, -0.1) is 0 Å². The van der Waals surface area contributed by atoms with Crippen molar-refractivity contribution in [2.24, 2.45) is 0 Å². The van der Waals surface area contributed by atoms with Gasteiger partial charge in [-0.2, -0.15) is 0 Å². The minimum atomic E-state index is -0.384. The zero-order chi connectivity index (χ0) is 21.8. The summed E-state index contributed by atoms with van der Waals surface area (Å²) in [7, 11) is 1.69. The number of nitro benzene ring substituents is 1. The Balaban J connectivity index is 1.59. The molecule has 162 valence electrons. The second-order valence-electron chi connectivity index (χ2n) is 8.07. The number of Topliss-reactive ketones (excluding diaryl/α,β-unsaturated/α-hetero) is 1. The van der Waals surface area contributed by atoms with Crippen LogP contribution < -0.4 is 9.80 Å². The van der Waals surface area contributed by atoms with Crippen molar-refractivity contribution in [1.82, 2.24) is 4.57 Å². The molecule has 8 nitrogen and oxygen atoms in total. The number of methoxy groups -OCH3 is 1. The molecule has 2 heterocycles. The lowest BCUT2D eigenvalue weighted by atomic mass is 10.1. The Labute approximate surface area is 177 Å². The van der Waals surface area contributed by atoms with E-state index >= 15 is 0 Å². The van der Waals surface area contributed by atoms with Gasteiger partial charge in [-0.1, -0.05) is 0 Å². The molecule has 1 aliphatic heterocycles. The SMILES string of the molecule is COC[C@H](C)n1c(C)cc(C(=O)C[NH+]2CCN(c3ccc([N+](=O)[O-])cc3)CC2)c1C. The maximum absolute atomic E-state index is 13.0. The molecule has 0 bridgehead atoms. The first-order valence-electron chi connectivity index (χ1n) is 10.3. The molecular weight excluding hydrogens is 384 g/mol. The molecule has 1 aliphatic rings. The Bertz CT molecular complexity index is 899. The van der Waals surface area contributed by atoms with E-state index in [0.29, 0.717) is 13.2 Å². The molecule has 8 heteroatoms. The van der Waals surface area contributed by atoms with Crippen LogP contribution in [0.5, 0.6) is 0 Å². The van der Waals surface area contributed by atoms with Crippen molar-refractivity contribution in [2.75, 3.05) is 51.3 Å². The molecule has 1 N–H and O–H groups in total. The average Bonchev–Trinajstić information content (AvgIpc) is 3.03. The number of hydrogen-bond acceptors (Lipinski definition) is 5. The van der Waals surface area contributed by atoms with Crippen LogP contribution in [-0.2, 0) is 4.74 Å². The molecule has 2 aromatic rings. The fraction of sp³-hybridized carbons (Fsp3) is 0.500. The summed E-state index contributed by atoms with van der Waals surface area (Å²) in [5.41, 5.74) is 3.98. The maximum atomic E-state index is 13.0. The lowest BCUT2D eigenvalue weighted by Crippen LogP contribution is -3.15. The number of aryl methyl sites for hydroxylation is 1. The first-order chi connectivity index (χ1) is 14.3. The lowest BCUT2D eigenvalue weighted by Gasteiger charge is -2.33. The maximum Gasteiger partial charge on any atom is 0.269 e. The predicted molar refractivity (Wildman–Crippen MR) is 116 cm³/mol. The topological polar surface area (TPSA) is 82.0 Å². The molecule has 0 unspecified atom stereocenters. The molecule has 0 amide bonds. The summed E-state index contributed by atoms with van der Waals surface area (Å²) in [5.74, 6) is 0.178. The van der Waals surface area contributed by atoms with Gasteiger partial charge in [0.15, 0.2) is 0 Å². The van der Waals surface area contributed by atoms with Crippen molar-refractivity contribution >= 4 is 17.2 Å². The van der Waals surface area contributed by atoms with E-state index < -0.39 is 0 Å². The van der Waals surface area contributed by atoms with Gasteiger partial charge in [0.05, 0.1) is 43.8 Å². The van der Waals surface area contributed by atoms with Gasteiger partial charge >= 0.3 is 0 Å². The van der Waals surface area contributed by atoms with Crippen molar-refractivity contribution in [3.05, 3.63) is 57.4 Å². The summed E-state index contributed by atoms with van der Waals surface area (Å²) in [4.78, 5) is 26.9. The number of rotatable bonds is 8. The highest BCUT2D eigenvalue weighted by molar-refractivity contribution is 5.98. The molecule has 1 saturated heterocycles. The summed E-state index contributed by atoms with van der Waals surface area (Å²) >= 11 is 0. The van der Waals surface area contributed by atoms with Crippen LogP contribution >= 0.6 is 0 Å². The van der Waals surface area contributed by atoms with Gasteiger partial charge in [0, 0.05) is 41.9 Å². The minimum absolute atomic E-state index is 0.103. The first-order valence-corrected chi connectivity index (χ1v) is 10.3. The minimum Gasteiger partial charge on any atom is -0.383 e. The van der Waals surface area contributed by atoms with Crippen LogP contribution in [0.3, 0.4) is 0 Å². The first kappa shape index (κ1) is 22.0. The van der Waals surface area contributed by atoms with E-state index in [2.05, 4.69) is 16.4 Å². The van der Waals surface area contributed by atoms with E-state index in [1.165, 1.54) is 4.90 Å². The third-order valence-corrected chi connectivity index (χ3v) is 5.94. The van der Waals surface area contributed by atoms with Crippen LogP contribution in [0.25, 0.3) is 0 Å². The molecule has 0 saturated carbocycles. The molecule has 1 fully saturated rings. The Morgan fingerprint density at radius 2 is 1.87 bits per heavy atom. The zero-order valence-corrected chi connectivity index (χ0v) is 18.2. The molecule has 3 rings (SSSR count). The number of carbonyl (C=O) groups excluding carboxylic acids is 1. The number of ketones is 1. The van der Waals surface area contributed by atoms with E-state index in [1.54, 1.807) is 31.4 Å². The number of carbonyl (C=O) groups is 1. The predicted octanol–water partition coefficient (Wildman–Crippen LogP) is 1.81. The Morgan fingerprint density at radius 3 is 2.43 bits per heavy atom. The number of nitro groups is 1. The number of piperazine rings is 1. The Kier molecular flexibility index (Phi) is 6.89. The number of anilines is 1. The highest BCUT2D eigenvalue weighted by Crippen LogP contribution is 2.21. The fourth-order valence-corrected chi connectivity index (χ4v) is 4.42. The van der Waals surface area contributed by atoms with Crippen molar-refractivity contribution in [1.29, 1.82) is 0 Å². The zero-order valence-electron chi connectivity index (χ0n) is 18.2. The molecule has 1 aromatic heterocycles. The lowest BCUT2D eigenvalue weighted by molar-refractivity contribution is -0.892. The number of hydrogen-bond donors (Lipinski definition) is 1. The van der Waals surface area contributed by atoms with Gasteiger partial charge in [0.2, 0.25) is 5.78 Å². The molecule has 0 aliphatic carbocycles. The Morgan fingerprint density at radius 1 is 1.23 bits per heavy atom. The highest BCUT2D eigenvalue weighted by atomic mass is 16.6. The van der Waals surface area contributed by atoms with Gasteiger partial charge in [-0.25, -0.2) is 0 Å². The average molecular weight is 416 g/mol. The summed E-state index contributed by atoms with van der Waals surface area (Å²) in [6.45, 7) is 10.6. The van der Waals surface area contributed by atoms with Gasteiger partial charge < -0.3 is 19.1 Å². The normalized spacial score (nSPS) is 15.9. The van der Waals surface area contributed by atoms with Crippen LogP contribution in [0.2, 0.25) is 0 Å². The third kappa shape index (κ3) is 4.71. The number of aromatic nitrogens is 1. The molecule has 30 heavy (non-hydrogen) atoms. The summed E-state index contributed by atoms with van der Waals surface area (Å²) < 4.78 is 7.46. The summed E-state index contributed by atoms with van der Waals surface area (Å²) in [5, 5.41) is 10.8. The number of nitrogens with zero attached hydrogens (tertiary/aromatic N) is 3. The van der Waals surface area contributed by atoms with Crippen molar-refractivity contribution < 1.29 is 19.4 Å². The summed E-state index contributed by atoms with van der Waals surface area (Å²) in [6.07, 6.45) is 0. The fourth-order valence-electron chi connectivity index (χ4n) is 4.42. The summed E-state index contributed by atoms with van der Waals surface area (Å²) in [6, 6.07) is 8.86. The van der Waals surface area contributed by atoms with E-state index in [1.807, 2.05) is 19.9 Å². The third-order valence-electron chi connectivity index (χ3n) is 5.94. The Hall–Kier alpha value is -2.71. The molecular formula is C22H31N4O4+. The number of quaternary nitrogens is 1. The number of ether oxygens (including phenoxy) is 1. The van der Waals surface area contributed by atoms with E-state index in [-0.39, 0.29) is 22.4 Å². The molecule has 1 aromatic carbocycles. The van der Waals surface area contributed by atoms with Crippen LogP contribution in [0, 0.1) is 24.0 Å². The quantitative estimate of drug-likeness (QED) is 0.404. The second-order valence-corrected chi connectivity index (χ2v) is 8.07. The van der Waals surface area contributed by atoms with Crippen LogP contribution in [0.1, 0.15) is 34.7 Å². The number of nitrogens with one attached hydrogen (secondary N) is 1. The standard InChI is InChI=1S/C22H30N4O4/c1-16-13-21(18(3)25(16)17(2)15-30-4)22(27)14-23-9-11-24(12-10-23)19-5-7-20(8-6-19)26(28)29/h5-8,13,17H,9-12,14-15H2,1-4H3/p+1/t17-/m0/s1. The number of non-ortho nitro benzene ring substituents is 1. The number of benzene rings is 1. The van der Waals surface area contributed by atoms with Gasteiger partial charge in [-0.05, 0) is 39.0 Å². The highest BCUT2D eigenvalue weighted by Gasteiger charge is 2.26. The molecule has 0 spiro atoms. The van der Waals surface area contributed by atoms with E-state index in [9.17, 15) is 14.9 Å². The largest absolute Gasteiger partial charge is 0.383 e. The second kappa shape index (κ2) is 9.40. The smallest absolute Gasteiger partial charge is 0.269 e.